The molecule has 1 heterocycles. The van der Waals surface area contributed by atoms with Gasteiger partial charge in [-0.05, 0) is 48.0 Å². The van der Waals surface area contributed by atoms with Gasteiger partial charge in [0.1, 0.15) is 5.75 Å². The van der Waals surface area contributed by atoms with Gasteiger partial charge in [-0.2, -0.15) is 18.2 Å². The molecule has 1 N–H and O–H groups in total. The Kier molecular flexibility index (Phi) is 7.08. The summed E-state index contributed by atoms with van der Waals surface area (Å²) in [7, 11) is -3.72. The number of hydrogen-bond acceptors (Lipinski definition) is 6. The molecular formula is C19H19F2N3O5S. The summed E-state index contributed by atoms with van der Waals surface area (Å²) in [4.78, 5) is 12.3. The Labute approximate surface area is 172 Å². The molecule has 3 rings (SSSR count). The van der Waals surface area contributed by atoms with Crippen LogP contribution in [0.5, 0.6) is 5.75 Å². The molecular weight excluding hydrogens is 420 g/mol. The molecule has 0 aromatic heterocycles. The Bertz CT molecular complexity index is 1010. The Morgan fingerprint density at radius 3 is 2.53 bits per heavy atom. The number of rotatable bonds is 7. The molecule has 0 atom stereocenters. The number of carbonyl (C=O) groups is 1. The molecule has 0 radical (unpaired) electrons. The number of morpholine rings is 1. The number of halogens is 2. The van der Waals surface area contributed by atoms with Crippen LogP contribution in [0, 0.1) is 0 Å². The summed E-state index contributed by atoms with van der Waals surface area (Å²) in [5.41, 5.74) is 2.97. The van der Waals surface area contributed by atoms with E-state index in [0.29, 0.717) is 18.8 Å². The second-order valence-electron chi connectivity index (χ2n) is 6.19. The van der Waals surface area contributed by atoms with Crippen LogP contribution in [0.1, 0.15) is 15.9 Å². The number of hydrazone groups is 1. The third-order valence-corrected chi connectivity index (χ3v) is 6.08. The smallest absolute Gasteiger partial charge is 0.387 e. The summed E-state index contributed by atoms with van der Waals surface area (Å²) in [6.45, 7) is -1.76. The van der Waals surface area contributed by atoms with Crippen LogP contribution in [-0.4, -0.2) is 57.8 Å². The van der Waals surface area contributed by atoms with E-state index in [1.807, 2.05) is 0 Å². The highest BCUT2D eigenvalue weighted by Gasteiger charge is 2.26. The maximum atomic E-state index is 12.7. The van der Waals surface area contributed by atoms with Crippen LogP contribution in [0.15, 0.2) is 58.5 Å². The van der Waals surface area contributed by atoms with Crippen molar-refractivity contribution in [2.45, 2.75) is 11.5 Å². The average Bonchev–Trinajstić information content (AvgIpc) is 2.75. The minimum atomic E-state index is -3.72. The summed E-state index contributed by atoms with van der Waals surface area (Å²) >= 11 is 0. The number of nitrogens with one attached hydrogen (secondary N) is 1. The standard InChI is InChI=1S/C19H19F2N3O5S/c20-19(21)29-16-6-4-14(5-7-16)13-22-23-18(25)15-2-1-3-17(12-15)30(26,27)24-8-10-28-11-9-24/h1-7,12-13,19H,8-11H2,(H,23,25). The van der Waals surface area contributed by atoms with Crippen molar-refractivity contribution in [1.29, 1.82) is 0 Å². The van der Waals surface area contributed by atoms with Crippen molar-refractivity contribution < 1.29 is 31.5 Å². The first kappa shape index (κ1) is 21.8. The lowest BCUT2D eigenvalue weighted by atomic mass is 10.2. The Hall–Kier alpha value is -2.89. The molecule has 1 aliphatic heterocycles. The number of amides is 1. The van der Waals surface area contributed by atoms with Gasteiger partial charge >= 0.3 is 6.61 Å². The van der Waals surface area contributed by atoms with Crippen molar-refractivity contribution in [3.63, 3.8) is 0 Å². The number of benzene rings is 2. The number of ether oxygens (including phenoxy) is 2. The maximum Gasteiger partial charge on any atom is 0.387 e. The lowest BCUT2D eigenvalue weighted by Gasteiger charge is -2.26. The quantitative estimate of drug-likeness (QED) is 0.526. The Balaban J connectivity index is 1.64. The number of nitrogens with zero attached hydrogens (tertiary/aromatic N) is 2. The van der Waals surface area contributed by atoms with E-state index in [-0.39, 0.29) is 29.3 Å². The molecule has 0 spiro atoms. The fourth-order valence-electron chi connectivity index (χ4n) is 2.70. The minimum absolute atomic E-state index is 0.00415. The van der Waals surface area contributed by atoms with Gasteiger partial charge in [-0.15, -0.1) is 0 Å². The lowest BCUT2D eigenvalue weighted by Crippen LogP contribution is -2.40. The molecule has 30 heavy (non-hydrogen) atoms. The zero-order valence-corrected chi connectivity index (χ0v) is 16.5. The van der Waals surface area contributed by atoms with Crippen molar-refractivity contribution >= 4 is 22.1 Å². The van der Waals surface area contributed by atoms with Gasteiger partial charge in [0.15, 0.2) is 0 Å². The first-order chi connectivity index (χ1) is 14.4. The van der Waals surface area contributed by atoms with Gasteiger partial charge in [0.2, 0.25) is 10.0 Å². The first-order valence-corrected chi connectivity index (χ1v) is 10.4. The molecule has 160 valence electrons. The predicted octanol–water partition coefficient (Wildman–Crippen LogP) is 2.07. The van der Waals surface area contributed by atoms with Gasteiger partial charge < -0.3 is 9.47 Å². The van der Waals surface area contributed by atoms with Crippen LogP contribution in [0.3, 0.4) is 0 Å². The van der Waals surface area contributed by atoms with Crippen LogP contribution in [-0.2, 0) is 14.8 Å². The molecule has 1 amide bonds. The van der Waals surface area contributed by atoms with Crippen LogP contribution < -0.4 is 10.2 Å². The van der Waals surface area contributed by atoms with E-state index >= 15 is 0 Å². The van der Waals surface area contributed by atoms with E-state index in [0.717, 1.165) is 0 Å². The highest BCUT2D eigenvalue weighted by Crippen LogP contribution is 2.18. The van der Waals surface area contributed by atoms with E-state index < -0.39 is 22.5 Å². The van der Waals surface area contributed by atoms with Crippen molar-refractivity contribution in [3.05, 3.63) is 59.7 Å². The maximum absolute atomic E-state index is 12.7. The Morgan fingerprint density at radius 2 is 1.87 bits per heavy atom. The summed E-state index contributed by atoms with van der Waals surface area (Å²) < 4.78 is 60.4. The SMILES string of the molecule is O=C(NN=Cc1ccc(OC(F)F)cc1)c1cccc(S(=O)(=O)N2CCOCC2)c1. The van der Waals surface area contributed by atoms with Gasteiger partial charge in [0.05, 0.1) is 24.3 Å². The summed E-state index contributed by atoms with van der Waals surface area (Å²) in [5.74, 6) is -0.590. The summed E-state index contributed by atoms with van der Waals surface area (Å²) in [6, 6.07) is 11.3. The van der Waals surface area contributed by atoms with Gasteiger partial charge in [-0.25, -0.2) is 13.8 Å². The van der Waals surface area contributed by atoms with E-state index in [1.165, 1.54) is 59.1 Å². The molecule has 8 nitrogen and oxygen atoms in total. The van der Waals surface area contributed by atoms with Crippen molar-refractivity contribution in [3.8, 4) is 5.75 Å². The van der Waals surface area contributed by atoms with Gasteiger partial charge in [-0.3, -0.25) is 4.79 Å². The second-order valence-corrected chi connectivity index (χ2v) is 8.13. The first-order valence-electron chi connectivity index (χ1n) is 8.92. The third-order valence-electron chi connectivity index (χ3n) is 4.19. The normalized spacial score (nSPS) is 15.4. The third kappa shape index (κ3) is 5.59. The topological polar surface area (TPSA) is 97.3 Å². The number of hydrogen-bond donors (Lipinski definition) is 1. The van der Waals surface area contributed by atoms with Crippen LogP contribution in [0.4, 0.5) is 8.78 Å². The number of alkyl halides is 2. The van der Waals surface area contributed by atoms with Crippen LogP contribution in [0.25, 0.3) is 0 Å². The Morgan fingerprint density at radius 1 is 1.17 bits per heavy atom. The minimum Gasteiger partial charge on any atom is -0.435 e. The molecule has 2 aromatic carbocycles. The fourth-order valence-corrected chi connectivity index (χ4v) is 4.15. The van der Waals surface area contributed by atoms with Crippen LogP contribution in [0.2, 0.25) is 0 Å². The zero-order valence-electron chi connectivity index (χ0n) is 15.7. The average molecular weight is 439 g/mol. The highest BCUT2D eigenvalue weighted by molar-refractivity contribution is 7.89. The zero-order chi connectivity index (χ0) is 21.6. The largest absolute Gasteiger partial charge is 0.435 e. The van der Waals surface area contributed by atoms with E-state index in [9.17, 15) is 22.0 Å². The monoisotopic (exact) mass is 439 g/mol. The van der Waals surface area contributed by atoms with E-state index in [1.54, 1.807) is 0 Å². The fraction of sp³-hybridized carbons (Fsp3) is 0.263. The molecule has 1 fully saturated rings. The van der Waals surface area contributed by atoms with Crippen molar-refractivity contribution in [2.24, 2.45) is 5.10 Å². The molecule has 0 saturated carbocycles. The van der Waals surface area contributed by atoms with Crippen LogP contribution >= 0.6 is 0 Å². The number of sulfonamides is 1. The van der Waals surface area contributed by atoms with E-state index in [4.69, 9.17) is 4.74 Å². The molecule has 0 bridgehead atoms. The second kappa shape index (κ2) is 9.74. The van der Waals surface area contributed by atoms with Gasteiger partial charge in [0, 0.05) is 18.7 Å². The number of carbonyl (C=O) groups excluding carboxylic acids is 1. The predicted molar refractivity (Wildman–Crippen MR) is 104 cm³/mol. The van der Waals surface area contributed by atoms with E-state index in [2.05, 4.69) is 15.3 Å². The molecule has 1 saturated heterocycles. The highest BCUT2D eigenvalue weighted by atomic mass is 32.2. The van der Waals surface area contributed by atoms with Crippen molar-refractivity contribution in [2.75, 3.05) is 26.3 Å². The molecule has 0 aliphatic carbocycles. The summed E-state index contributed by atoms with van der Waals surface area (Å²) in [6.07, 6.45) is 1.32. The van der Waals surface area contributed by atoms with Gasteiger partial charge in [-0.1, -0.05) is 6.07 Å². The van der Waals surface area contributed by atoms with Gasteiger partial charge in [0.25, 0.3) is 5.91 Å². The lowest BCUT2D eigenvalue weighted by molar-refractivity contribution is -0.0498. The molecule has 11 heteroatoms. The molecule has 0 unspecified atom stereocenters. The molecule has 1 aliphatic rings. The molecule has 2 aromatic rings. The summed E-state index contributed by atoms with van der Waals surface area (Å²) in [5, 5.41) is 3.80. The van der Waals surface area contributed by atoms with Crippen molar-refractivity contribution in [1.82, 2.24) is 9.73 Å².